The minimum Gasteiger partial charge on any atom is -0.476 e. The number of nitrogens with zero attached hydrogens (tertiary/aromatic N) is 3. The molecule has 8 heteroatoms. The lowest BCUT2D eigenvalue weighted by Gasteiger charge is -2.06. The molecule has 84 valence electrons. The molecule has 2 heterocycles. The topological polar surface area (TPSA) is 101 Å². The zero-order valence-electron chi connectivity index (χ0n) is 8.25. The summed E-state index contributed by atoms with van der Waals surface area (Å²) in [4.78, 5) is 25.9. The van der Waals surface area contributed by atoms with Gasteiger partial charge in [-0.25, -0.2) is 19.7 Å². The maximum atomic E-state index is 11.3. The van der Waals surface area contributed by atoms with Crippen molar-refractivity contribution in [2.45, 2.75) is 13.0 Å². The van der Waals surface area contributed by atoms with E-state index in [2.05, 4.69) is 15.2 Å². The number of hydrogen-bond donors (Lipinski definition) is 2. The summed E-state index contributed by atoms with van der Waals surface area (Å²) in [7, 11) is 0. The second-order valence-electron chi connectivity index (χ2n) is 3.12. The van der Waals surface area contributed by atoms with Crippen molar-refractivity contribution in [2.75, 3.05) is 0 Å². The minimum atomic E-state index is -1.07. The predicted octanol–water partition coefficient (Wildman–Crippen LogP) is 0.335. The Morgan fingerprint density at radius 1 is 1.69 bits per heavy atom. The van der Waals surface area contributed by atoms with E-state index in [0.29, 0.717) is 5.01 Å². The van der Waals surface area contributed by atoms with Gasteiger partial charge in [0.25, 0.3) is 0 Å². The van der Waals surface area contributed by atoms with Crippen LogP contribution in [0.1, 0.15) is 28.5 Å². The molecule has 2 rings (SSSR count). The van der Waals surface area contributed by atoms with Crippen molar-refractivity contribution >= 4 is 17.3 Å². The van der Waals surface area contributed by atoms with E-state index in [1.807, 2.05) is 0 Å². The number of rotatable bonds is 3. The molecular formula is C8H8N4O3S. The SMILES string of the molecule is CC(c1nc(C(=O)O)cs1)n1cn[nH]c1=O. The van der Waals surface area contributed by atoms with E-state index in [1.54, 1.807) is 6.92 Å². The summed E-state index contributed by atoms with van der Waals surface area (Å²) in [6.45, 7) is 1.75. The van der Waals surface area contributed by atoms with Gasteiger partial charge in [0.1, 0.15) is 11.3 Å². The molecule has 0 aliphatic rings. The van der Waals surface area contributed by atoms with Crippen molar-refractivity contribution in [3.63, 3.8) is 0 Å². The van der Waals surface area contributed by atoms with E-state index in [-0.39, 0.29) is 17.4 Å². The zero-order valence-corrected chi connectivity index (χ0v) is 9.06. The first-order chi connectivity index (χ1) is 7.59. The molecule has 0 fully saturated rings. The molecule has 0 aromatic carbocycles. The Morgan fingerprint density at radius 2 is 2.44 bits per heavy atom. The standard InChI is InChI=1S/C8H8N4O3S/c1-4(12-3-9-11-8(12)15)6-10-5(2-16-6)7(13)14/h2-4H,1H3,(H,11,15)(H,13,14). The molecule has 0 saturated carbocycles. The Morgan fingerprint density at radius 3 is 2.94 bits per heavy atom. The first kappa shape index (κ1) is 10.6. The predicted molar refractivity (Wildman–Crippen MR) is 55.7 cm³/mol. The third kappa shape index (κ3) is 1.74. The Labute approximate surface area is 93.4 Å². The highest BCUT2D eigenvalue weighted by molar-refractivity contribution is 7.09. The van der Waals surface area contributed by atoms with E-state index in [1.165, 1.54) is 27.6 Å². The average molecular weight is 240 g/mol. The number of aromatic nitrogens is 4. The van der Waals surface area contributed by atoms with E-state index in [4.69, 9.17) is 5.11 Å². The van der Waals surface area contributed by atoms with Gasteiger partial charge in [0.2, 0.25) is 0 Å². The zero-order chi connectivity index (χ0) is 11.7. The molecule has 2 N–H and O–H groups in total. The molecule has 0 aliphatic heterocycles. The molecule has 1 atom stereocenters. The Hall–Kier alpha value is -1.96. The molecule has 0 bridgehead atoms. The first-order valence-corrected chi connectivity index (χ1v) is 5.28. The summed E-state index contributed by atoms with van der Waals surface area (Å²) in [6.07, 6.45) is 1.36. The van der Waals surface area contributed by atoms with E-state index >= 15 is 0 Å². The molecule has 0 amide bonds. The second kappa shape index (κ2) is 3.89. The third-order valence-electron chi connectivity index (χ3n) is 2.09. The highest BCUT2D eigenvalue weighted by Gasteiger charge is 2.16. The highest BCUT2D eigenvalue weighted by Crippen LogP contribution is 2.20. The summed E-state index contributed by atoms with van der Waals surface area (Å²) >= 11 is 1.20. The van der Waals surface area contributed by atoms with Crippen LogP contribution >= 0.6 is 11.3 Å². The van der Waals surface area contributed by atoms with Crippen molar-refractivity contribution < 1.29 is 9.90 Å². The molecule has 2 aromatic heterocycles. The number of carboxylic acid groups (broad SMARTS) is 1. The van der Waals surface area contributed by atoms with Gasteiger partial charge in [-0.3, -0.25) is 4.57 Å². The first-order valence-electron chi connectivity index (χ1n) is 4.40. The van der Waals surface area contributed by atoms with Gasteiger partial charge in [0, 0.05) is 5.38 Å². The van der Waals surface area contributed by atoms with Crippen LogP contribution in [0.3, 0.4) is 0 Å². The van der Waals surface area contributed by atoms with Crippen molar-refractivity contribution in [1.82, 2.24) is 19.7 Å². The lowest BCUT2D eigenvalue weighted by molar-refractivity contribution is 0.0691. The van der Waals surface area contributed by atoms with Crippen LogP contribution in [0.4, 0.5) is 0 Å². The number of hydrogen-bond acceptors (Lipinski definition) is 5. The van der Waals surface area contributed by atoms with Crippen LogP contribution in [-0.2, 0) is 0 Å². The van der Waals surface area contributed by atoms with Gasteiger partial charge < -0.3 is 5.11 Å². The van der Waals surface area contributed by atoms with E-state index in [9.17, 15) is 9.59 Å². The van der Waals surface area contributed by atoms with Gasteiger partial charge in [0.05, 0.1) is 6.04 Å². The fourth-order valence-corrected chi connectivity index (χ4v) is 2.08. The van der Waals surface area contributed by atoms with Crippen LogP contribution in [0.15, 0.2) is 16.5 Å². The van der Waals surface area contributed by atoms with Gasteiger partial charge in [0.15, 0.2) is 5.69 Å². The number of nitrogens with one attached hydrogen (secondary N) is 1. The Balaban J connectivity index is 2.34. The summed E-state index contributed by atoms with van der Waals surface area (Å²) in [5.41, 5.74) is -0.358. The summed E-state index contributed by atoms with van der Waals surface area (Å²) < 4.78 is 1.35. The van der Waals surface area contributed by atoms with Gasteiger partial charge >= 0.3 is 11.7 Å². The number of thiazole rings is 1. The van der Waals surface area contributed by atoms with Crippen molar-refractivity contribution in [3.05, 3.63) is 32.9 Å². The molecule has 16 heavy (non-hydrogen) atoms. The van der Waals surface area contributed by atoms with Crippen molar-refractivity contribution in [2.24, 2.45) is 0 Å². The Kier molecular flexibility index (Phi) is 2.57. The largest absolute Gasteiger partial charge is 0.476 e. The van der Waals surface area contributed by atoms with Gasteiger partial charge in [-0.05, 0) is 6.92 Å². The van der Waals surface area contributed by atoms with Crippen LogP contribution in [-0.4, -0.2) is 30.8 Å². The summed E-state index contributed by atoms with van der Waals surface area (Å²) in [6, 6.07) is -0.329. The van der Waals surface area contributed by atoms with Gasteiger partial charge in [-0.2, -0.15) is 5.10 Å². The van der Waals surface area contributed by atoms with E-state index < -0.39 is 5.97 Å². The Bertz CT molecular complexity index is 570. The maximum absolute atomic E-state index is 11.3. The second-order valence-corrected chi connectivity index (χ2v) is 4.01. The fraction of sp³-hybridized carbons (Fsp3) is 0.250. The molecular weight excluding hydrogens is 232 g/mol. The smallest absolute Gasteiger partial charge is 0.355 e. The lowest BCUT2D eigenvalue weighted by atomic mass is 10.3. The maximum Gasteiger partial charge on any atom is 0.355 e. The van der Waals surface area contributed by atoms with Crippen LogP contribution in [0.25, 0.3) is 0 Å². The highest BCUT2D eigenvalue weighted by atomic mass is 32.1. The fourth-order valence-electron chi connectivity index (χ4n) is 1.23. The van der Waals surface area contributed by atoms with Gasteiger partial charge in [-0.15, -0.1) is 11.3 Å². The molecule has 0 aliphatic carbocycles. The normalized spacial score (nSPS) is 12.6. The molecule has 0 spiro atoms. The van der Waals surface area contributed by atoms with Crippen LogP contribution < -0.4 is 5.69 Å². The van der Waals surface area contributed by atoms with Crippen LogP contribution in [0.5, 0.6) is 0 Å². The summed E-state index contributed by atoms with van der Waals surface area (Å²) in [5, 5.41) is 16.6. The van der Waals surface area contributed by atoms with Gasteiger partial charge in [-0.1, -0.05) is 0 Å². The molecule has 2 aromatic rings. The quantitative estimate of drug-likeness (QED) is 0.805. The molecule has 1 unspecified atom stereocenters. The number of H-pyrrole nitrogens is 1. The number of aromatic carboxylic acids is 1. The van der Waals surface area contributed by atoms with E-state index in [0.717, 1.165) is 0 Å². The summed E-state index contributed by atoms with van der Waals surface area (Å²) in [5.74, 6) is -1.07. The molecule has 0 radical (unpaired) electrons. The minimum absolute atomic E-state index is 0.0107. The number of aromatic amines is 1. The van der Waals surface area contributed by atoms with Crippen molar-refractivity contribution in [1.29, 1.82) is 0 Å². The third-order valence-corrected chi connectivity index (χ3v) is 3.11. The molecule has 7 nitrogen and oxygen atoms in total. The lowest BCUT2D eigenvalue weighted by Crippen LogP contribution is -2.20. The van der Waals surface area contributed by atoms with Crippen LogP contribution in [0, 0.1) is 0 Å². The van der Waals surface area contributed by atoms with Crippen LogP contribution in [0.2, 0.25) is 0 Å². The monoisotopic (exact) mass is 240 g/mol. The number of carboxylic acids is 1. The molecule has 0 saturated heterocycles. The average Bonchev–Trinajstić information content (AvgIpc) is 2.84. The number of carbonyl (C=O) groups is 1. The van der Waals surface area contributed by atoms with Crippen molar-refractivity contribution in [3.8, 4) is 0 Å².